The summed E-state index contributed by atoms with van der Waals surface area (Å²) in [4.78, 5) is 25.6. The van der Waals surface area contributed by atoms with Crippen molar-refractivity contribution in [3.05, 3.63) is 63.6 Å². The van der Waals surface area contributed by atoms with Crippen molar-refractivity contribution in [3.8, 4) is 0 Å². The SMILES string of the molecule is O=C1c2ccc(Cl)cc2C(=O)N1c1ccccc1Cl. The van der Waals surface area contributed by atoms with E-state index in [-0.39, 0.29) is 5.91 Å². The maximum atomic E-state index is 12.3. The number of anilines is 1. The zero-order valence-electron chi connectivity index (χ0n) is 9.56. The summed E-state index contributed by atoms with van der Waals surface area (Å²) < 4.78 is 0. The van der Waals surface area contributed by atoms with Gasteiger partial charge in [0.15, 0.2) is 0 Å². The van der Waals surface area contributed by atoms with Crippen molar-refractivity contribution in [3.63, 3.8) is 0 Å². The van der Waals surface area contributed by atoms with E-state index in [4.69, 9.17) is 23.2 Å². The van der Waals surface area contributed by atoms with Crippen molar-refractivity contribution in [2.45, 2.75) is 0 Å². The summed E-state index contributed by atoms with van der Waals surface area (Å²) in [6.07, 6.45) is 0. The summed E-state index contributed by atoms with van der Waals surface area (Å²) in [6.45, 7) is 0. The highest BCUT2D eigenvalue weighted by atomic mass is 35.5. The fraction of sp³-hybridized carbons (Fsp3) is 0. The first kappa shape index (κ1) is 12.2. The molecule has 0 bridgehead atoms. The number of hydrogen-bond acceptors (Lipinski definition) is 2. The minimum Gasteiger partial charge on any atom is -0.268 e. The van der Waals surface area contributed by atoms with Crippen molar-refractivity contribution in [1.29, 1.82) is 0 Å². The number of benzene rings is 2. The van der Waals surface area contributed by atoms with Crippen LogP contribution in [0.15, 0.2) is 42.5 Å². The molecule has 2 aromatic rings. The van der Waals surface area contributed by atoms with Crippen LogP contribution in [0.3, 0.4) is 0 Å². The Bertz CT molecular complexity index is 712. The van der Waals surface area contributed by atoms with E-state index in [0.29, 0.717) is 26.9 Å². The maximum absolute atomic E-state index is 12.3. The van der Waals surface area contributed by atoms with E-state index in [1.165, 1.54) is 6.07 Å². The highest BCUT2D eigenvalue weighted by Gasteiger charge is 2.37. The van der Waals surface area contributed by atoms with Gasteiger partial charge in [0.25, 0.3) is 11.8 Å². The molecule has 94 valence electrons. The van der Waals surface area contributed by atoms with E-state index < -0.39 is 5.91 Å². The van der Waals surface area contributed by atoms with Crippen LogP contribution < -0.4 is 4.90 Å². The molecule has 3 nitrogen and oxygen atoms in total. The Labute approximate surface area is 119 Å². The number of para-hydroxylation sites is 1. The van der Waals surface area contributed by atoms with Gasteiger partial charge in [0.1, 0.15) is 0 Å². The third kappa shape index (κ3) is 1.82. The van der Waals surface area contributed by atoms with Gasteiger partial charge in [0.05, 0.1) is 21.8 Å². The Morgan fingerprint density at radius 1 is 0.842 bits per heavy atom. The molecule has 0 atom stereocenters. The highest BCUT2D eigenvalue weighted by Crippen LogP contribution is 2.33. The summed E-state index contributed by atoms with van der Waals surface area (Å²) in [5.74, 6) is -0.791. The van der Waals surface area contributed by atoms with Gasteiger partial charge in [-0.25, -0.2) is 4.90 Å². The molecule has 19 heavy (non-hydrogen) atoms. The zero-order valence-corrected chi connectivity index (χ0v) is 11.1. The molecule has 1 aliphatic heterocycles. The van der Waals surface area contributed by atoms with Gasteiger partial charge in [-0.2, -0.15) is 0 Å². The van der Waals surface area contributed by atoms with Crippen LogP contribution in [0.2, 0.25) is 10.0 Å². The molecular formula is C14H7Cl2NO2. The number of amides is 2. The van der Waals surface area contributed by atoms with Crippen molar-refractivity contribution < 1.29 is 9.59 Å². The molecule has 0 saturated carbocycles. The number of nitrogens with zero attached hydrogens (tertiary/aromatic N) is 1. The molecule has 0 spiro atoms. The number of halogens is 2. The summed E-state index contributed by atoms with van der Waals surface area (Å²) in [5.41, 5.74) is 1.03. The van der Waals surface area contributed by atoms with Crippen molar-refractivity contribution in [1.82, 2.24) is 0 Å². The van der Waals surface area contributed by atoms with Gasteiger partial charge in [-0.05, 0) is 30.3 Å². The topological polar surface area (TPSA) is 37.4 Å². The van der Waals surface area contributed by atoms with Gasteiger partial charge in [-0.3, -0.25) is 9.59 Å². The van der Waals surface area contributed by atoms with Crippen molar-refractivity contribution in [2.24, 2.45) is 0 Å². The molecule has 2 aromatic carbocycles. The lowest BCUT2D eigenvalue weighted by molar-refractivity contribution is 0.0926. The lowest BCUT2D eigenvalue weighted by atomic mass is 10.1. The summed E-state index contributed by atoms with van der Waals surface area (Å²) in [5, 5.41) is 0.768. The second-order valence-electron chi connectivity index (χ2n) is 4.09. The number of imide groups is 1. The van der Waals surface area contributed by atoms with E-state index in [1.807, 2.05) is 0 Å². The monoisotopic (exact) mass is 291 g/mol. The number of carbonyl (C=O) groups is 2. The lowest BCUT2D eigenvalue weighted by Gasteiger charge is -2.14. The second kappa shape index (κ2) is 4.37. The van der Waals surface area contributed by atoms with E-state index in [1.54, 1.807) is 36.4 Å². The fourth-order valence-electron chi connectivity index (χ4n) is 2.06. The molecule has 3 rings (SSSR count). The predicted molar refractivity (Wildman–Crippen MR) is 74.0 cm³/mol. The Hall–Kier alpha value is -1.84. The van der Waals surface area contributed by atoms with Crippen LogP contribution in [0.25, 0.3) is 0 Å². The molecule has 0 radical (unpaired) electrons. The van der Waals surface area contributed by atoms with Crippen LogP contribution in [-0.2, 0) is 0 Å². The predicted octanol–water partition coefficient (Wildman–Crippen LogP) is 3.79. The van der Waals surface area contributed by atoms with Crippen LogP contribution >= 0.6 is 23.2 Å². The first-order valence-electron chi connectivity index (χ1n) is 5.52. The Morgan fingerprint density at radius 2 is 1.53 bits per heavy atom. The van der Waals surface area contributed by atoms with E-state index >= 15 is 0 Å². The maximum Gasteiger partial charge on any atom is 0.266 e. The van der Waals surface area contributed by atoms with Crippen molar-refractivity contribution >= 4 is 40.7 Å². The van der Waals surface area contributed by atoms with Crippen LogP contribution in [0, 0.1) is 0 Å². The molecule has 0 N–H and O–H groups in total. The molecule has 0 aromatic heterocycles. The average Bonchev–Trinajstić information content (AvgIpc) is 2.63. The van der Waals surface area contributed by atoms with E-state index in [0.717, 1.165) is 4.90 Å². The summed E-state index contributed by atoms with van der Waals surface area (Å²) in [7, 11) is 0. The highest BCUT2D eigenvalue weighted by molar-refractivity contribution is 6.40. The molecule has 0 fully saturated rings. The molecule has 2 amide bonds. The van der Waals surface area contributed by atoms with Gasteiger partial charge >= 0.3 is 0 Å². The number of carbonyl (C=O) groups excluding carboxylic acids is 2. The first-order chi connectivity index (χ1) is 9.09. The van der Waals surface area contributed by atoms with Gasteiger partial charge in [0, 0.05) is 5.02 Å². The smallest absolute Gasteiger partial charge is 0.266 e. The second-order valence-corrected chi connectivity index (χ2v) is 4.93. The van der Waals surface area contributed by atoms with Crippen LogP contribution in [-0.4, -0.2) is 11.8 Å². The Balaban J connectivity index is 2.16. The molecule has 0 aliphatic carbocycles. The zero-order chi connectivity index (χ0) is 13.6. The standard InChI is InChI=1S/C14H7Cl2NO2/c15-8-5-6-9-10(7-8)14(19)17(13(9)18)12-4-2-1-3-11(12)16/h1-7H. The third-order valence-corrected chi connectivity index (χ3v) is 3.50. The Kier molecular flexibility index (Phi) is 2.81. The van der Waals surface area contributed by atoms with Gasteiger partial charge < -0.3 is 0 Å². The minimum absolute atomic E-state index is 0.303. The van der Waals surface area contributed by atoms with Crippen LogP contribution in [0.1, 0.15) is 20.7 Å². The molecule has 0 saturated heterocycles. The summed E-state index contributed by atoms with van der Waals surface area (Å²) in [6, 6.07) is 11.3. The molecule has 0 unspecified atom stereocenters. The number of rotatable bonds is 1. The quantitative estimate of drug-likeness (QED) is 0.750. The Morgan fingerprint density at radius 3 is 2.26 bits per heavy atom. The largest absolute Gasteiger partial charge is 0.268 e. The van der Waals surface area contributed by atoms with Gasteiger partial charge in [0.2, 0.25) is 0 Å². The van der Waals surface area contributed by atoms with Gasteiger partial charge in [-0.1, -0.05) is 35.3 Å². The first-order valence-corrected chi connectivity index (χ1v) is 6.28. The molecule has 1 heterocycles. The van der Waals surface area contributed by atoms with E-state index in [2.05, 4.69) is 0 Å². The normalized spacial score (nSPS) is 13.9. The number of hydrogen-bond donors (Lipinski definition) is 0. The van der Waals surface area contributed by atoms with Crippen LogP contribution in [0.5, 0.6) is 0 Å². The molecule has 5 heteroatoms. The summed E-state index contributed by atoms with van der Waals surface area (Å²) >= 11 is 11.9. The van der Waals surface area contributed by atoms with Crippen molar-refractivity contribution in [2.75, 3.05) is 4.90 Å². The fourth-order valence-corrected chi connectivity index (χ4v) is 2.46. The van der Waals surface area contributed by atoms with Gasteiger partial charge in [-0.15, -0.1) is 0 Å². The average molecular weight is 292 g/mol. The number of fused-ring (bicyclic) bond motifs is 1. The lowest BCUT2D eigenvalue weighted by Crippen LogP contribution is -2.29. The molecular weight excluding hydrogens is 285 g/mol. The third-order valence-electron chi connectivity index (χ3n) is 2.94. The minimum atomic E-state index is -0.407. The van der Waals surface area contributed by atoms with Crippen LogP contribution in [0.4, 0.5) is 5.69 Å². The van der Waals surface area contributed by atoms with E-state index in [9.17, 15) is 9.59 Å². The molecule has 1 aliphatic rings.